The molecule has 2 heterocycles. The molecular formula is C23H22F2N6O2S. The van der Waals surface area contributed by atoms with Crippen LogP contribution in [0.4, 0.5) is 26.0 Å². The number of nitrogens with zero attached hydrogens (tertiary/aromatic N) is 4. The van der Waals surface area contributed by atoms with Gasteiger partial charge < -0.3 is 15.4 Å². The summed E-state index contributed by atoms with van der Waals surface area (Å²) >= 11 is 0. The molecule has 1 unspecified atom stereocenters. The summed E-state index contributed by atoms with van der Waals surface area (Å²) in [6, 6.07) is 7.96. The van der Waals surface area contributed by atoms with E-state index in [2.05, 4.69) is 25.0 Å². The van der Waals surface area contributed by atoms with Crippen molar-refractivity contribution in [2.45, 2.75) is 32.4 Å². The predicted octanol–water partition coefficient (Wildman–Crippen LogP) is 4.28. The van der Waals surface area contributed by atoms with Crippen molar-refractivity contribution in [2.24, 2.45) is 4.36 Å². The Balaban J connectivity index is 1.63. The van der Waals surface area contributed by atoms with Gasteiger partial charge in [0, 0.05) is 23.6 Å². The highest BCUT2D eigenvalue weighted by atomic mass is 32.2. The van der Waals surface area contributed by atoms with E-state index < -0.39 is 29.7 Å². The third kappa shape index (κ3) is 5.28. The zero-order valence-electron chi connectivity index (χ0n) is 18.5. The number of halogens is 2. The number of benzene rings is 2. The van der Waals surface area contributed by atoms with E-state index in [-0.39, 0.29) is 33.3 Å². The molecule has 1 aromatic heterocycles. The molecule has 4 rings (SSSR count). The van der Waals surface area contributed by atoms with Crippen molar-refractivity contribution in [3.05, 3.63) is 48.3 Å². The van der Waals surface area contributed by atoms with Crippen LogP contribution in [0.5, 0.6) is 5.75 Å². The largest absolute Gasteiger partial charge is 0.479 e. The van der Waals surface area contributed by atoms with Gasteiger partial charge in [-0.25, -0.2) is 23.1 Å². The molecule has 2 N–H and O–H groups in total. The van der Waals surface area contributed by atoms with Crippen molar-refractivity contribution in [2.75, 3.05) is 16.8 Å². The molecule has 0 spiro atoms. The first-order valence-electron chi connectivity index (χ1n) is 10.6. The molecule has 0 radical (unpaired) electrons. The van der Waals surface area contributed by atoms with Gasteiger partial charge in [-0.1, -0.05) is 10.7 Å². The molecule has 1 fully saturated rings. The highest BCUT2D eigenvalue weighted by Crippen LogP contribution is 2.34. The van der Waals surface area contributed by atoms with Gasteiger partial charge in [-0.2, -0.15) is 5.26 Å². The van der Waals surface area contributed by atoms with E-state index in [0.717, 1.165) is 24.0 Å². The van der Waals surface area contributed by atoms with Crippen LogP contribution in [-0.4, -0.2) is 39.5 Å². The highest BCUT2D eigenvalue weighted by Gasteiger charge is 2.20. The molecule has 0 saturated carbocycles. The molecule has 1 aliphatic rings. The number of nitriles is 1. The van der Waals surface area contributed by atoms with Crippen molar-refractivity contribution < 1.29 is 18.3 Å². The molecule has 0 aliphatic carbocycles. The average molecular weight is 485 g/mol. The molecule has 1 saturated heterocycles. The van der Waals surface area contributed by atoms with Crippen LogP contribution in [0, 0.1) is 23.0 Å². The number of ether oxygens (including phenoxy) is 1. The number of aromatic nitrogens is 2. The SMILES string of the molecule is CC(C#N)NC(=O)[C@@H](C)Oc1cc(F)ccc1Nc1ncnc2cc(N=S3CCC3)cc(F)c12. The standard InChI is InChI=1S/C23H22F2N6O2S/c1-13(11-26)29-23(32)14(2)33-20-8-15(24)4-5-18(20)30-22-21-17(25)9-16(31-34-6-3-7-34)10-19(21)27-12-28-22/h4-5,8-10,12-14H,3,6-7H2,1-2H3,(H,29,32)(H,27,28,30)/t13?,14-/m1/s1. The Morgan fingerprint density at radius 3 is 2.74 bits per heavy atom. The molecular weight excluding hydrogens is 462 g/mol. The Labute approximate surface area is 197 Å². The monoisotopic (exact) mass is 484 g/mol. The average Bonchev–Trinajstić information content (AvgIpc) is 2.77. The Morgan fingerprint density at radius 2 is 2.03 bits per heavy atom. The molecule has 34 heavy (non-hydrogen) atoms. The maximum absolute atomic E-state index is 15.1. The zero-order chi connectivity index (χ0) is 24.2. The Morgan fingerprint density at radius 1 is 1.24 bits per heavy atom. The van der Waals surface area contributed by atoms with Crippen LogP contribution in [0.3, 0.4) is 0 Å². The molecule has 2 atom stereocenters. The minimum Gasteiger partial charge on any atom is -0.479 e. The molecule has 8 nitrogen and oxygen atoms in total. The first-order chi connectivity index (χ1) is 16.3. The summed E-state index contributed by atoms with van der Waals surface area (Å²) in [7, 11) is -0.0585. The minimum absolute atomic E-state index is 0.0252. The van der Waals surface area contributed by atoms with Crippen LogP contribution in [0.1, 0.15) is 20.3 Å². The fraction of sp³-hybridized carbons (Fsp3) is 0.304. The summed E-state index contributed by atoms with van der Waals surface area (Å²) in [6.45, 7) is 3.00. The second-order valence-corrected chi connectivity index (χ2v) is 9.67. The first kappa shape index (κ1) is 23.5. The van der Waals surface area contributed by atoms with Crippen LogP contribution in [0.25, 0.3) is 10.9 Å². The van der Waals surface area contributed by atoms with E-state index in [1.807, 2.05) is 6.07 Å². The van der Waals surface area contributed by atoms with Gasteiger partial charge in [-0.15, -0.1) is 0 Å². The summed E-state index contributed by atoms with van der Waals surface area (Å²) in [5, 5.41) is 14.5. The van der Waals surface area contributed by atoms with Crippen LogP contribution in [0.15, 0.2) is 41.0 Å². The molecule has 3 aromatic rings. The number of carbonyl (C=O) groups is 1. The summed E-state index contributed by atoms with van der Waals surface area (Å²) in [6.07, 6.45) is 1.41. The fourth-order valence-corrected chi connectivity index (χ4v) is 4.35. The lowest BCUT2D eigenvalue weighted by Crippen LogP contribution is -2.40. The third-order valence-corrected chi connectivity index (χ3v) is 7.08. The van der Waals surface area contributed by atoms with Crippen molar-refractivity contribution in [1.82, 2.24) is 15.3 Å². The van der Waals surface area contributed by atoms with E-state index in [1.54, 1.807) is 6.07 Å². The highest BCUT2D eigenvalue weighted by molar-refractivity contribution is 7.88. The quantitative estimate of drug-likeness (QED) is 0.518. The molecule has 2 aromatic carbocycles. The zero-order valence-corrected chi connectivity index (χ0v) is 19.3. The number of hydrogen-bond donors (Lipinski definition) is 2. The smallest absolute Gasteiger partial charge is 0.261 e. The normalized spacial score (nSPS) is 15.0. The van der Waals surface area contributed by atoms with Crippen molar-refractivity contribution in [1.29, 1.82) is 5.26 Å². The lowest BCUT2D eigenvalue weighted by Gasteiger charge is -2.19. The maximum Gasteiger partial charge on any atom is 0.261 e. The topological polar surface area (TPSA) is 112 Å². The summed E-state index contributed by atoms with van der Waals surface area (Å²) in [4.78, 5) is 20.6. The van der Waals surface area contributed by atoms with Gasteiger partial charge in [-0.3, -0.25) is 4.79 Å². The van der Waals surface area contributed by atoms with Crippen molar-refractivity contribution >= 4 is 44.7 Å². The lowest BCUT2D eigenvalue weighted by molar-refractivity contribution is -0.127. The number of anilines is 2. The van der Waals surface area contributed by atoms with Crippen molar-refractivity contribution in [3.8, 4) is 11.8 Å². The number of fused-ring (bicyclic) bond motifs is 1. The minimum atomic E-state index is -1.02. The van der Waals surface area contributed by atoms with Gasteiger partial charge in [0.25, 0.3) is 5.91 Å². The van der Waals surface area contributed by atoms with E-state index in [1.165, 1.54) is 38.4 Å². The van der Waals surface area contributed by atoms with E-state index >= 15 is 4.39 Å². The van der Waals surface area contributed by atoms with Gasteiger partial charge in [0.05, 0.1) is 28.3 Å². The van der Waals surface area contributed by atoms with E-state index in [0.29, 0.717) is 11.2 Å². The first-order valence-corrected chi connectivity index (χ1v) is 12.1. The third-order valence-electron chi connectivity index (χ3n) is 5.09. The second kappa shape index (κ2) is 10.1. The van der Waals surface area contributed by atoms with Crippen LogP contribution in [-0.2, 0) is 15.5 Å². The number of amides is 1. The Hall–Kier alpha value is -3.65. The summed E-state index contributed by atoms with van der Waals surface area (Å²) in [5.74, 6) is 0.576. The molecule has 176 valence electrons. The Kier molecular flexibility index (Phi) is 6.98. The van der Waals surface area contributed by atoms with E-state index in [9.17, 15) is 9.18 Å². The number of rotatable bonds is 7. The van der Waals surface area contributed by atoms with Gasteiger partial charge in [0.1, 0.15) is 35.6 Å². The van der Waals surface area contributed by atoms with Gasteiger partial charge in [-0.05, 0) is 38.5 Å². The summed E-state index contributed by atoms with van der Waals surface area (Å²) < 4.78 is 39.3. The van der Waals surface area contributed by atoms with Crippen LogP contribution in [0.2, 0.25) is 0 Å². The second-order valence-electron chi connectivity index (χ2n) is 7.74. The van der Waals surface area contributed by atoms with Crippen LogP contribution >= 0.6 is 0 Å². The number of hydrogen-bond acceptors (Lipinski definition) is 7. The molecule has 1 amide bonds. The lowest BCUT2D eigenvalue weighted by atomic mass is 10.2. The van der Waals surface area contributed by atoms with Crippen molar-refractivity contribution in [3.63, 3.8) is 0 Å². The molecule has 11 heteroatoms. The van der Waals surface area contributed by atoms with Crippen LogP contribution < -0.4 is 15.4 Å². The number of nitrogens with one attached hydrogen (secondary N) is 2. The Bertz CT molecular complexity index is 1320. The van der Waals surface area contributed by atoms with E-state index in [4.69, 9.17) is 10.00 Å². The fourth-order valence-electron chi connectivity index (χ4n) is 3.22. The van der Waals surface area contributed by atoms with Gasteiger partial charge in [0.15, 0.2) is 6.10 Å². The van der Waals surface area contributed by atoms with Gasteiger partial charge in [0.2, 0.25) is 0 Å². The summed E-state index contributed by atoms with van der Waals surface area (Å²) in [5.41, 5.74) is 1.19. The predicted molar refractivity (Wildman–Crippen MR) is 126 cm³/mol. The number of carbonyl (C=O) groups excluding carboxylic acids is 1. The molecule has 0 bridgehead atoms. The van der Waals surface area contributed by atoms with Gasteiger partial charge >= 0.3 is 0 Å². The molecule has 1 aliphatic heterocycles. The maximum atomic E-state index is 15.1.